The maximum Gasteiger partial charge on any atom is 0.204 e. The van der Waals surface area contributed by atoms with E-state index < -0.39 is 7.37 Å². The van der Waals surface area contributed by atoms with Crippen molar-refractivity contribution in [3.63, 3.8) is 0 Å². The third kappa shape index (κ3) is 3.35. The molecule has 10 heavy (non-hydrogen) atoms. The van der Waals surface area contributed by atoms with Gasteiger partial charge in [-0.15, -0.1) is 0 Å². The molecule has 0 spiro atoms. The summed E-state index contributed by atoms with van der Waals surface area (Å²) in [5, 5.41) is 0. The van der Waals surface area contributed by atoms with E-state index in [9.17, 15) is 4.57 Å². The van der Waals surface area contributed by atoms with Crippen molar-refractivity contribution in [3.05, 3.63) is 0 Å². The zero-order valence-corrected chi connectivity index (χ0v) is 7.56. The zero-order chi connectivity index (χ0) is 8.04. The van der Waals surface area contributed by atoms with E-state index in [2.05, 4.69) is 0 Å². The van der Waals surface area contributed by atoms with Crippen LogP contribution in [0.5, 0.6) is 0 Å². The van der Waals surface area contributed by atoms with Gasteiger partial charge in [0.15, 0.2) is 0 Å². The molecule has 0 bridgehead atoms. The Morgan fingerprint density at radius 2 is 2.10 bits per heavy atom. The normalized spacial score (nSPS) is 16.7. The van der Waals surface area contributed by atoms with Crippen LogP contribution >= 0.6 is 7.37 Å². The lowest BCUT2D eigenvalue weighted by molar-refractivity contribution is 0.334. The highest BCUT2D eigenvalue weighted by Gasteiger charge is 2.17. The molecule has 0 aromatic carbocycles. The first kappa shape index (κ1) is 10.2. The van der Waals surface area contributed by atoms with Crippen molar-refractivity contribution in [1.82, 2.24) is 0 Å². The third-order valence-corrected chi connectivity index (χ3v) is 3.95. The lowest BCUT2D eigenvalue weighted by Gasteiger charge is -2.13. The van der Waals surface area contributed by atoms with E-state index in [-0.39, 0.29) is 0 Å². The van der Waals surface area contributed by atoms with Gasteiger partial charge in [0, 0.05) is 18.9 Å². The average molecular weight is 165 g/mol. The molecule has 0 fully saturated rings. The van der Waals surface area contributed by atoms with Gasteiger partial charge in [-0.3, -0.25) is 4.57 Å². The van der Waals surface area contributed by atoms with Crippen molar-refractivity contribution < 1.29 is 9.09 Å². The second kappa shape index (κ2) is 4.89. The summed E-state index contributed by atoms with van der Waals surface area (Å²) in [4.78, 5) is 0. The summed E-state index contributed by atoms with van der Waals surface area (Å²) in [6, 6.07) is 0. The summed E-state index contributed by atoms with van der Waals surface area (Å²) in [6.45, 7) is 4.68. The molecule has 4 heteroatoms. The van der Waals surface area contributed by atoms with Crippen LogP contribution in [0.3, 0.4) is 0 Å². The molecule has 0 radical (unpaired) electrons. The largest absolute Gasteiger partial charge is 0.330 e. The van der Waals surface area contributed by atoms with Crippen LogP contribution < -0.4 is 5.73 Å². The molecule has 1 unspecified atom stereocenters. The molecule has 0 saturated carbocycles. The number of nitrogens with two attached hydrogens (primary N) is 1. The Kier molecular flexibility index (Phi) is 4.96. The van der Waals surface area contributed by atoms with Gasteiger partial charge in [0.2, 0.25) is 7.37 Å². The maximum atomic E-state index is 11.5. The van der Waals surface area contributed by atoms with E-state index in [0.29, 0.717) is 25.5 Å². The van der Waals surface area contributed by atoms with Gasteiger partial charge < -0.3 is 10.3 Å². The van der Waals surface area contributed by atoms with Crippen LogP contribution in [-0.4, -0.2) is 25.5 Å². The Morgan fingerprint density at radius 3 is 2.40 bits per heavy atom. The summed E-state index contributed by atoms with van der Waals surface area (Å²) >= 11 is 0. The van der Waals surface area contributed by atoms with Crippen LogP contribution in [0.1, 0.15) is 13.8 Å². The topological polar surface area (TPSA) is 52.3 Å². The van der Waals surface area contributed by atoms with Gasteiger partial charge in [-0.25, -0.2) is 0 Å². The van der Waals surface area contributed by atoms with Crippen LogP contribution in [0, 0.1) is 0 Å². The number of hydrogen-bond donors (Lipinski definition) is 1. The van der Waals surface area contributed by atoms with Crippen molar-refractivity contribution in [1.29, 1.82) is 0 Å². The average Bonchev–Trinajstić information content (AvgIpc) is 1.89. The van der Waals surface area contributed by atoms with Gasteiger partial charge in [-0.2, -0.15) is 0 Å². The summed E-state index contributed by atoms with van der Waals surface area (Å²) in [6.07, 6.45) is 1.11. The maximum absolute atomic E-state index is 11.5. The van der Waals surface area contributed by atoms with Gasteiger partial charge in [-0.05, 0) is 6.92 Å². The predicted molar refractivity (Wildman–Crippen MR) is 43.7 cm³/mol. The molecule has 2 N–H and O–H groups in total. The van der Waals surface area contributed by atoms with Crippen LogP contribution in [-0.2, 0) is 9.09 Å². The van der Waals surface area contributed by atoms with E-state index in [1.54, 1.807) is 0 Å². The molecule has 0 aliphatic rings. The van der Waals surface area contributed by atoms with Gasteiger partial charge >= 0.3 is 0 Å². The third-order valence-electron chi connectivity index (χ3n) is 1.32. The Hall–Kier alpha value is 0.150. The Balaban J connectivity index is 3.83. The minimum absolute atomic E-state index is 0.450. The van der Waals surface area contributed by atoms with Crippen LogP contribution in [0.4, 0.5) is 0 Å². The van der Waals surface area contributed by atoms with E-state index >= 15 is 0 Å². The van der Waals surface area contributed by atoms with Crippen molar-refractivity contribution in [3.8, 4) is 0 Å². The van der Waals surface area contributed by atoms with Crippen LogP contribution in [0.15, 0.2) is 0 Å². The van der Waals surface area contributed by atoms with Crippen LogP contribution in [0.25, 0.3) is 0 Å². The highest BCUT2D eigenvalue weighted by atomic mass is 31.2. The molecular formula is C6H16NO2P. The molecule has 1 atom stereocenters. The predicted octanol–water partition coefficient (Wildman–Crippen LogP) is 1.28. The molecule has 0 aromatic rings. The molecule has 0 saturated heterocycles. The van der Waals surface area contributed by atoms with Crippen molar-refractivity contribution in [2.45, 2.75) is 13.8 Å². The lowest BCUT2D eigenvalue weighted by Crippen LogP contribution is -2.08. The molecule has 0 aliphatic heterocycles. The minimum Gasteiger partial charge on any atom is -0.330 e. The van der Waals surface area contributed by atoms with Gasteiger partial charge in [0.1, 0.15) is 0 Å². The van der Waals surface area contributed by atoms with Crippen molar-refractivity contribution >= 4 is 7.37 Å². The molecule has 0 aliphatic carbocycles. The molecule has 62 valence electrons. The molecule has 3 nitrogen and oxygen atoms in total. The van der Waals surface area contributed by atoms with Crippen LogP contribution in [0.2, 0.25) is 0 Å². The fourth-order valence-electron chi connectivity index (χ4n) is 0.746. The Bertz CT molecular complexity index is 117. The quantitative estimate of drug-likeness (QED) is 0.624. The molecule has 0 rings (SSSR count). The molecule has 0 aromatic heterocycles. The van der Waals surface area contributed by atoms with Gasteiger partial charge in [0.25, 0.3) is 0 Å². The summed E-state index contributed by atoms with van der Waals surface area (Å²) < 4.78 is 16.6. The van der Waals surface area contributed by atoms with E-state index in [4.69, 9.17) is 10.3 Å². The standard InChI is InChI=1S/C6H16NO2P/c1-3-9-10(8,4-2)6-5-7/h3-7H2,1-2H3. The fraction of sp³-hybridized carbons (Fsp3) is 1.00. The minimum atomic E-state index is -2.33. The first-order chi connectivity index (χ1) is 4.68. The highest BCUT2D eigenvalue weighted by Crippen LogP contribution is 2.45. The molecule has 0 heterocycles. The second-order valence-corrected chi connectivity index (χ2v) is 5.03. The number of rotatable bonds is 5. The first-order valence-corrected chi connectivity index (χ1v) is 5.60. The Labute approximate surface area is 62.4 Å². The van der Waals surface area contributed by atoms with Gasteiger partial charge in [-0.1, -0.05) is 6.92 Å². The number of hydrogen-bond acceptors (Lipinski definition) is 3. The lowest BCUT2D eigenvalue weighted by atomic mass is 10.8. The van der Waals surface area contributed by atoms with E-state index in [1.807, 2.05) is 13.8 Å². The summed E-state index contributed by atoms with van der Waals surface area (Å²) in [7, 11) is -2.33. The molecular weight excluding hydrogens is 149 g/mol. The second-order valence-electron chi connectivity index (χ2n) is 2.06. The van der Waals surface area contributed by atoms with E-state index in [1.165, 1.54) is 0 Å². The first-order valence-electron chi connectivity index (χ1n) is 3.61. The monoisotopic (exact) mass is 165 g/mol. The van der Waals surface area contributed by atoms with Crippen molar-refractivity contribution in [2.75, 3.05) is 25.5 Å². The fourth-order valence-corrected chi connectivity index (χ4v) is 2.24. The van der Waals surface area contributed by atoms with E-state index in [0.717, 1.165) is 0 Å². The van der Waals surface area contributed by atoms with Crippen molar-refractivity contribution in [2.24, 2.45) is 5.73 Å². The Morgan fingerprint density at radius 1 is 1.50 bits per heavy atom. The van der Waals surface area contributed by atoms with Gasteiger partial charge in [0.05, 0.1) is 6.61 Å². The zero-order valence-electron chi connectivity index (χ0n) is 6.67. The SMILES string of the molecule is CCOP(=O)(CC)CCN. The summed E-state index contributed by atoms with van der Waals surface area (Å²) in [5.74, 6) is 0. The smallest absolute Gasteiger partial charge is 0.204 e. The highest BCUT2D eigenvalue weighted by molar-refractivity contribution is 7.58. The molecule has 0 amide bonds. The summed E-state index contributed by atoms with van der Waals surface area (Å²) in [5.41, 5.74) is 5.27.